The van der Waals surface area contributed by atoms with Crippen LogP contribution in [0.5, 0.6) is 0 Å². The molecule has 116 valence electrons. The average molecular weight is 310 g/mol. The van der Waals surface area contributed by atoms with Crippen molar-refractivity contribution in [1.82, 2.24) is 5.43 Å². The number of thioether (sulfide) groups is 1. The van der Waals surface area contributed by atoms with Crippen LogP contribution < -0.4 is 11.3 Å². The molecule has 1 aromatic carbocycles. The van der Waals surface area contributed by atoms with E-state index in [1.165, 1.54) is 25.3 Å². The molecule has 2 atom stereocenters. The van der Waals surface area contributed by atoms with E-state index in [0.29, 0.717) is 5.92 Å². The second kappa shape index (κ2) is 6.65. The minimum absolute atomic E-state index is 0.140. The van der Waals surface area contributed by atoms with E-state index in [4.69, 9.17) is 10.6 Å². The molecular formula is C16H23FN2OS. The molecule has 5 heteroatoms. The Kier molecular flexibility index (Phi) is 4.84. The third-order valence-electron chi connectivity index (χ3n) is 4.80. The SMILES string of the molecule is NNC(CSc1cccc(F)c1)C1CCOC2(CCC2)C1. The molecule has 1 saturated carbocycles. The maximum absolute atomic E-state index is 13.2. The van der Waals surface area contributed by atoms with E-state index < -0.39 is 0 Å². The molecule has 1 saturated heterocycles. The highest BCUT2D eigenvalue weighted by atomic mass is 32.2. The van der Waals surface area contributed by atoms with E-state index in [9.17, 15) is 4.39 Å². The second-order valence-electron chi connectivity index (χ2n) is 6.18. The normalized spacial score (nSPS) is 25.5. The first-order valence-electron chi connectivity index (χ1n) is 7.69. The Morgan fingerprint density at radius 2 is 2.33 bits per heavy atom. The number of hydrazine groups is 1. The molecule has 0 radical (unpaired) electrons. The molecule has 3 rings (SSSR count). The van der Waals surface area contributed by atoms with Gasteiger partial charge in [-0.3, -0.25) is 11.3 Å². The number of hydrogen-bond donors (Lipinski definition) is 2. The summed E-state index contributed by atoms with van der Waals surface area (Å²) in [6.45, 7) is 0.841. The van der Waals surface area contributed by atoms with Crippen molar-refractivity contribution >= 4 is 11.8 Å². The van der Waals surface area contributed by atoms with Gasteiger partial charge in [0.1, 0.15) is 5.82 Å². The molecule has 3 N–H and O–H groups in total. The Morgan fingerprint density at radius 3 is 3.00 bits per heavy atom. The highest BCUT2D eigenvalue weighted by Crippen LogP contribution is 2.45. The van der Waals surface area contributed by atoms with Crippen molar-refractivity contribution in [2.24, 2.45) is 11.8 Å². The second-order valence-corrected chi connectivity index (χ2v) is 7.27. The lowest BCUT2D eigenvalue weighted by atomic mass is 9.70. The van der Waals surface area contributed by atoms with Crippen LogP contribution in [-0.4, -0.2) is 24.0 Å². The van der Waals surface area contributed by atoms with Crippen LogP contribution in [0, 0.1) is 11.7 Å². The number of halogens is 1. The monoisotopic (exact) mass is 310 g/mol. The summed E-state index contributed by atoms with van der Waals surface area (Å²) < 4.78 is 19.2. The standard InChI is InChI=1S/C16H23FN2OS/c17-13-3-1-4-14(9-13)21-11-15(19-18)12-5-8-20-16(10-12)6-2-7-16/h1,3-4,9,12,15,19H,2,5-8,10-11,18H2. The number of benzene rings is 1. The van der Waals surface area contributed by atoms with E-state index in [1.54, 1.807) is 23.9 Å². The van der Waals surface area contributed by atoms with Gasteiger partial charge in [0.25, 0.3) is 0 Å². The lowest BCUT2D eigenvalue weighted by molar-refractivity contribution is -0.146. The van der Waals surface area contributed by atoms with Gasteiger partial charge in [-0.05, 0) is 56.2 Å². The molecule has 21 heavy (non-hydrogen) atoms. The first kappa shape index (κ1) is 15.3. The van der Waals surface area contributed by atoms with Gasteiger partial charge in [-0.25, -0.2) is 4.39 Å². The molecular weight excluding hydrogens is 287 g/mol. The molecule has 3 nitrogen and oxygen atoms in total. The lowest BCUT2D eigenvalue weighted by Gasteiger charge is -2.48. The van der Waals surface area contributed by atoms with Gasteiger partial charge in [-0.2, -0.15) is 0 Å². The van der Waals surface area contributed by atoms with Crippen molar-refractivity contribution < 1.29 is 9.13 Å². The Hall–Kier alpha value is -0.620. The topological polar surface area (TPSA) is 47.3 Å². The summed E-state index contributed by atoms with van der Waals surface area (Å²) in [5, 5.41) is 0. The Bertz CT molecular complexity index is 481. The maximum atomic E-state index is 13.2. The molecule has 0 amide bonds. The molecule has 1 aliphatic heterocycles. The third kappa shape index (κ3) is 3.59. The average Bonchev–Trinajstić information content (AvgIpc) is 2.47. The number of nitrogens with two attached hydrogens (primary N) is 1. The highest BCUT2D eigenvalue weighted by Gasteiger charge is 2.44. The summed E-state index contributed by atoms with van der Waals surface area (Å²) in [5.41, 5.74) is 3.11. The maximum Gasteiger partial charge on any atom is 0.124 e. The summed E-state index contributed by atoms with van der Waals surface area (Å²) in [6, 6.07) is 7.00. The number of ether oxygens (including phenoxy) is 1. The smallest absolute Gasteiger partial charge is 0.124 e. The van der Waals surface area contributed by atoms with Gasteiger partial charge in [0.05, 0.1) is 5.60 Å². The van der Waals surface area contributed by atoms with Crippen molar-refractivity contribution in [3.63, 3.8) is 0 Å². The minimum atomic E-state index is -0.184. The zero-order chi connectivity index (χ0) is 14.7. The fraction of sp³-hybridized carbons (Fsp3) is 0.625. The van der Waals surface area contributed by atoms with Gasteiger partial charge >= 0.3 is 0 Å². The molecule has 1 spiro atoms. The minimum Gasteiger partial charge on any atom is -0.375 e. The van der Waals surface area contributed by atoms with Crippen molar-refractivity contribution in [3.8, 4) is 0 Å². The van der Waals surface area contributed by atoms with Crippen LogP contribution in [0.3, 0.4) is 0 Å². The summed E-state index contributed by atoms with van der Waals surface area (Å²) in [4.78, 5) is 0.959. The van der Waals surface area contributed by atoms with Crippen LogP contribution in [0.2, 0.25) is 0 Å². The zero-order valence-corrected chi connectivity index (χ0v) is 13.0. The fourth-order valence-electron chi connectivity index (χ4n) is 3.39. The summed E-state index contributed by atoms with van der Waals surface area (Å²) in [6.07, 6.45) is 5.83. The number of rotatable bonds is 5. The highest BCUT2D eigenvalue weighted by molar-refractivity contribution is 7.99. The van der Waals surface area contributed by atoms with E-state index in [0.717, 1.165) is 30.1 Å². The number of nitrogens with one attached hydrogen (secondary N) is 1. The van der Waals surface area contributed by atoms with E-state index in [1.807, 2.05) is 6.07 Å². The van der Waals surface area contributed by atoms with Crippen LogP contribution >= 0.6 is 11.8 Å². The van der Waals surface area contributed by atoms with E-state index in [-0.39, 0.29) is 17.5 Å². The summed E-state index contributed by atoms with van der Waals surface area (Å²) in [5.74, 6) is 6.99. The van der Waals surface area contributed by atoms with Crippen molar-refractivity contribution in [2.45, 2.75) is 48.6 Å². The molecule has 1 aromatic rings. The predicted octanol–water partition coefficient (Wildman–Crippen LogP) is 3.10. The summed E-state index contributed by atoms with van der Waals surface area (Å²) >= 11 is 1.66. The van der Waals surface area contributed by atoms with Gasteiger partial charge in [-0.15, -0.1) is 11.8 Å². The Balaban J connectivity index is 1.57. The molecule has 2 unspecified atom stereocenters. The van der Waals surface area contributed by atoms with E-state index >= 15 is 0 Å². The van der Waals surface area contributed by atoms with Crippen molar-refractivity contribution in [3.05, 3.63) is 30.1 Å². The lowest BCUT2D eigenvalue weighted by Crippen LogP contribution is -2.52. The van der Waals surface area contributed by atoms with Crippen molar-refractivity contribution in [1.29, 1.82) is 0 Å². The molecule has 0 bridgehead atoms. The van der Waals surface area contributed by atoms with Crippen LogP contribution in [0.1, 0.15) is 32.1 Å². The van der Waals surface area contributed by atoms with Crippen LogP contribution in [0.4, 0.5) is 4.39 Å². The van der Waals surface area contributed by atoms with Crippen LogP contribution in [0.25, 0.3) is 0 Å². The molecule has 1 heterocycles. The first-order valence-corrected chi connectivity index (χ1v) is 8.68. The number of hydrogen-bond acceptors (Lipinski definition) is 4. The van der Waals surface area contributed by atoms with Crippen LogP contribution in [0.15, 0.2) is 29.2 Å². The van der Waals surface area contributed by atoms with Gasteiger partial charge in [0, 0.05) is 23.3 Å². The molecule has 2 aliphatic rings. The van der Waals surface area contributed by atoms with Gasteiger partial charge in [-0.1, -0.05) is 6.07 Å². The zero-order valence-electron chi connectivity index (χ0n) is 12.2. The Morgan fingerprint density at radius 1 is 1.48 bits per heavy atom. The quantitative estimate of drug-likeness (QED) is 0.498. The van der Waals surface area contributed by atoms with Gasteiger partial charge in [0.15, 0.2) is 0 Å². The molecule has 1 aliphatic carbocycles. The van der Waals surface area contributed by atoms with E-state index in [2.05, 4.69) is 5.43 Å². The van der Waals surface area contributed by atoms with Gasteiger partial charge in [0.2, 0.25) is 0 Å². The molecule has 0 aromatic heterocycles. The largest absolute Gasteiger partial charge is 0.375 e. The van der Waals surface area contributed by atoms with Crippen molar-refractivity contribution in [2.75, 3.05) is 12.4 Å². The Labute approximate surface area is 129 Å². The predicted molar refractivity (Wildman–Crippen MR) is 83.5 cm³/mol. The van der Waals surface area contributed by atoms with Gasteiger partial charge < -0.3 is 4.74 Å². The van der Waals surface area contributed by atoms with Crippen LogP contribution in [-0.2, 0) is 4.74 Å². The molecule has 2 fully saturated rings. The first-order chi connectivity index (χ1) is 10.2. The fourth-order valence-corrected chi connectivity index (χ4v) is 4.50. The summed E-state index contributed by atoms with van der Waals surface area (Å²) in [7, 11) is 0. The third-order valence-corrected chi connectivity index (χ3v) is 5.92.